The van der Waals surface area contributed by atoms with Gasteiger partial charge in [0.15, 0.2) is 0 Å². The lowest BCUT2D eigenvalue weighted by Gasteiger charge is -2.22. The van der Waals surface area contributed by atoms with Gasteiger partial charge in [0, 0.05) is 25.7 Å². The van der Waals surface area contributed by atoms with Crippen molar-refractivity contribution in [1.29, 1.82) is 0 Å². The van der Waals surface area contributed by atoms with Crippen molar-refractivity contribution in [2.45, 2.75) is 57.6 Å². The highest BCUT2D eigenvalue weighted by Gasteiger charge is 2.30. The SMILES string of the molecule is CC(C)c1nn(C)c(Cl)c1CNCC1(O)CCCC1. The Bertz CT molecular complexity index is 436. The van der Waals surface area contributed by atoms with Crippen LogP contribution in [0.5, 0.6) is 0 Å². The van der Waals surface area contributed by atoms with Gasteiger partial charge in [-0.2, -0.15) is 5.10 Å². The van der Waals surface area contributed by atoms with Gasteiger partial charge in [0.05, 0.1) is 11.3 Å². The van der Waals surface area contributed by atoms with Gasteiger partial charge in [-0.3, -0.25) is 4.68 Å². The van der Waals surface area contributed by atoms with E-state index in [-0.39, 0.29) is 0 Å². The Hall–Kier alpha value is -0.580. The first-order valence-corrected chi connectivity index (χ1v) is 7.45. The Morgan fingerprint density at radius 2 is 2.05 bits per heavy atom. The van der Waals surface area contributed by atoms with Crippen LogP contribution < -0.4 is 5.32 Å². The molecule has 4 nitrogen and oxygen atoms in total. The highest BCUT2D eigenvalue weighted by molar-refractivity contribution is 6.30. The molecule has 1 aromatic heterocycles. The van der Waals surface area contributed by atoms with E-state index < -0.39 is 5.60 Å². The zero-order valence-corrected chi connectivity index (χ0v) is 12.8. The summed E-state index contributed by atoms with van der Waals surface area (Å²) in [7, 11) is 1.86. The van der Waals surface area contributed by atoms with Crippen LogP contribution in [0.4, 0.5) is 0 Å². The smallest absolute Gasteiger partial charge is 0.131 e. The molecule has 1 heterocycles. The van der Waals surface area contributed by atoms with E-state index in [0.29, 0.717) is 24.2 Å². The molecule has 108 valence electrons. The molecule has 1 fully saturated rings. The lowest BCUT2D eigenvalue weighted by molar-refractivity contribution is 0.0474. The predicted molar refractivity (Wildman–Crippen MR) is 77.4 cm³/mol. The summed E-state index contributed by atoms with van der Waals surface area (Å²) < 4.78 is 1.72. The summed E-state index contributed by atoms with van der Waals surface area (Å²) in [5.41, 5.74) is 1.58. The highest BCUT2D eigenvalue weighted by atomic mass is 35.5. The molecule has 0 aromatic carbocycles. The minimum Gasteiger partial charge on any atom is -0.389 e. The molecule has 19 heavy (non-hydrogen) atoms. The Labute approximate surface area is 120 Å². The minimum absolute atomic E-state index is 0.352. The second-order valence-electron chi connectivity index (χ2n) is 5.97. The van der Waals surface area contributed by atoms with Gasteiger partial charge in [0.2, 0.25) is 0 Å². The maximum Gasteiger partial charge on any atom is 0.131 e. The van der Waals surface area contributed by atoms with E-state index in [1.165, 1.54) is 0 Å². The van der Waals surface area contributed by atoms with E-state index in [9.17, 15) is 5.11 Å². The lowest BCUT2D eigenvalue weighted by Crippen LogP contribution is -2.37. The van der Waals surface area contributed by atoms with Gasteiger partial charge in [-0.05, 0) is 18.8 Å². The largest absolute Gasteiger partial charge is 0.389 e. The average Bonchev–Trinajstić information content (AvgIpc) is 2.88. The van der Waals surface area contributed by atoms with E-state index in [1.54, 1.807) is 4.68 Å². The van der Waals surface area contributed by atoms with Gasteiger partial charge in [0.1, 0.15) is 5.15 Å². The van der Waals surface area contributed by atoms with Crippen LogP contribution >= 0.6 is 11.6 Å². The van der Waals surface area contributed by atoms with E-state index in [0.717, 1.165) is 36.9 Å². The molecule has 1 aliphatic carbocycles. The van der Waals surface area contributed by atoms with Gasteiger partial charge in [-0.15, -0.1) is 0 Å². The third-order valence-corrected chi connectivity index (χ3v) is 4.41. The molecule has 0 saturated heterocycles. The molecule has 0 spiro atoms. The Morgan fingerprint density at radius 1 is 1.42 bits per heavy atom. The van der Waals surface area contributed by atoms with Gasteiger partial charge in [0.25, 0.3) is 0 Å². The molecular formula is C14H24ClN3O. The molecule has 1 saturated carbocycles. The van der Waals surface area contributed by atoms with Gasteiger partial charge in [-0.1, -0.05) is 38.3 Å². The summed E-state index contributed by atoms with van der Waals surface area (Å²) in [5, 5.41) is 18.8. The minimum atomic E-state index is -0.521. The van der Waals surface area contributed by atoms with Crippen molar-refractivity contribution in [3.8, 4) is 0 Å². The average molecular weight is 286 g/mol. The first-order chi connectivity index (χ1) is 8.93. The predicted octanol–water partition coefficient (Wildman–Crippen LogP) is 2.59. The number of aliphatic hydroxyl groups is 1. The molecule has 0 bridgehead atoms. The molecule has 0 atom stereocenters. The van der Waals surface area contributed by atoms with Crippen molar-refractivity contribution >= 4 is 11.6 Å². The van der Waals surface area contributed by atoms with Gasteiger partial charge >= 0.3 is 0 Å². The zero-order chi connectivity index (χ0) is 14.0. The Morgan fingerprint density at radius 3 is 2.63 bits per heavy atom. The van der Waals surface area contributed by atoms with Crippen LogP contribution in [-0.4, -0.2) is 27.0 Å². The summed E-state index contributed by atoms with van der Waals surface area (Å²) in [4.78, 5) is 0. The lowest BCUT2D eigenvalue weighted by atomic mass is 10.0. The number of rotatable bonds is 5. The number of aryl methyl sites for hydroxylation is 1. The molecule has 0 aliphatic heterocycles. The molecule has 5 heteroatoms. The molecule has 0 radical (unpaired) electrons. The first-order valence-electron chi connectivity index (χ1n) is 7.07. The van der Waals surface area contributed by atoms with Crippen molar-refractivity contribution in [2.75, 3.05) is 6.54 Å². The van der Waals surface area contributed by atoms with E-state index in [1.807, 2.05) is 7.05 Å². The zero-order valence-electron chi connectivity index (χ0n) is 12.0. The van der Waals surface area contributed by atoms with Crippen molar-refractivity contribution < 1.29 is 5.11 Å². The monoisotopic (exact) mass is 285 g/mol. The van der Waals surface area contributed by atoms with Crippen molar-refractivity contribution in [1.82, 2.24) is 15.1 Å². The second kappa shape index (κ2) is 5.81. The van der Waals surface area contributed by atoms with E-state index >= 15 is 0 Å². The Balaban J connectivity index is 1.99. The number of nitrogens with one attached hydrogen (secondary N) is 1. The molecule has 0 amide bonds. The standard InChI is InChI=1S/C14H24ClN3O/c1-10(2)12-11(13(15)18(3)17-12)8-16-9-14(19)6-4-5-7-14/h10,16,19H,4-9H2,1-3H3. The summed E-state index contributed by atoms with van der Waals surface area (Å²) in [6.45, 7) is 5.54. The van der Waals surface area contributed by atoms with Crippen LogP contribution in [0.3, 0.4) is 0 Å². The van der Waals surface area contributed by atoms with Crippen LogP contribution in [-0.2, 0) is 13.6 Å². The molecule has 1 aliphatic rings. The van der Waals surface area contributed by atoms with Crippen LogP contribution in [0, 0.1) is 0 Å². The maximum absolute atomic E-state index is 10.3. The highest BCUT2D eigenvalue weighted by Crippen LogP contribution is 2.29. The quantitative estimate of drug-likeness (QED) is 0.874. The van der Waals surface area contributed by atoms with E-state index in [4.69, 9.17) is 11.6 Å². The third-order valence-electron chi connectivity index (χ3n) is 3.94. The van der Waals surface area contributed by atoms with Crippen LogP contribution in [0.1, 0.15) is 56.7 Å². The third kappa shape index (κ3) is 3.30. The summed E-state index contributed by atoms with van der Waals surface area (Å²) >= 11 is 6.29. The number of hydrogen-bond donors (Lipinski definition) is 2. The summed E-state index contributed by atoms with van der Waals surface area (Å²) in [5.74, 6) is 0.352. The number of nitrogens with zero attached hydrogens (tertiary/aromatic N) is 2. The summed E-state index contributed by atoms with van der Waals surface area (Å²) in [6.07, 6.45) is 4.06. The number of halogens is 1. The van der Waals surface area contributed by atoms with E-state index in [2.05, 4.69) is 24.3 Å². The second-order valence-corrected chi connectivity index (χ2v) is 6.33. The van der Waals surface area contributed by atoms with Gasteiger partial charge in [-0.25, -0.2) is 0 Å². The fraction of sp³-hybridized carbons (Fsp3) is 0.786. The fourth-order valence-electron chi connectivity index (χ4n) is 2.82. The normalized spacial score (nSPS) is 18.4. The Kier molecular flexibility index (Phi) is 4.54. The van der Waals surface area contributed by atoms with Crippen LogP contribution in [0.15, 0.2) is 0 Å². The first kappa shape index (κ1) is 14.8. The van der Waals surface area contributed by atoms with Crippen molar-refractivity contribution in [3.05, 3.63) is 16.4 Å². The van der Waals surface area contributed by atoms with Crippen LogP contribution in [0.2, 0.25) is 5.15 Å². The molecular weight excluding hydrogens is 262 g/mol. The van der Waals surface area contributed by atoms with Crippen molar-refractivity contribution in [2.24, 2.45) is 7.05 Å². The molecule has 2 rings (SSSR count). The fourth-order valence-corrected chi connectivity index (χ4v) is 3.03. The molecule has 2 N–H and O–H groups in total. The number of hydrogen-bond acceptors (Lipinski definition) is 3. The molecule has 1 aromatic rings. The molecule has 0 unspecified atom stereocenters. The van der Waals surface area contributed by atoms with Crippen LogP contribution in [0.25, 0.3) is 0 Å². The summed E-state index contributed by atoms with van der Waals surface area (Å²) in [6, 6.07) is 0. The van der Waals surface area contributed by atoms with Gasteiger partial charge < -0.3 is 10.4 Å². The maximum atomic E-state index is 10.3. The topological polar surface area (TPSA) is 50.1 Å². The van der Waals surface area contributed by atoms with Crippen molar-refractivity contribution in [3.63, 3.8) is 0 Å². The number of aromatic nitrogens is 2.